The van der Waals surface area contributed by atoms with Crippen molar-refractivity contribution in [2.24, 2.45) is 0 Å². The lowest BCUT2D eigenvalue weighted by Gasteiger charge is -2.23. The Morgan fingerprint density at radius 3 is 3.06 bits per heavy atom. The molecule has 2 rings (SSSR count). The van der Waals surface area contributed by atoms with Crippen LogP contribution >= 0.6 is 0 Å². The Hall–Kier alpha value is -1.26. The molecule has 0 aliphatic carbocycles. The van der Waals surface area contributed by atoms with E-state index >= 15 is 0 Å². The summed E-state index contributed by atoms with van der Waals surface area (Å²) in [5.41, 5.74) is 7.64. The molecule has 0 unspecified atom stereocenters. The highest BCUT2D eigenvalue weighted by molar-refractivity contribution is 5.47. The first-order valence-electron chi connectivity index (χ1n) is 6.02. The quantitative estimate of drug-likeness (QED) is 0.772. The van der Waals surface area contributed by atoms with Crippen LogP contribution in [0.3, 0.4) is 0 Å². The van der Waals surface area contributed by atoms with Crippen molar-refractivity contribution in [1.29, 1.82) is 0 Å². The Kier molecular flexibility index (Phi) is 3.86. The van der Waals surface area contributed by atoms with Crippen LogP contribution in [-0.4, -0.2) is 36.3 Å². The predicted octanol–water partition coefficient (Wildman–Crippen LogP) is 1.23. The van der Waals surface area contributed by atoms with Crippen molar-refractivity contribution in [2.75, 3.05) is 26.0 Å². The molecule has 1 fully saturated rings. The smallest absolute Gasteiger partial charge is 0.123 e. The first-order chi connectivity index (χ1) is 8.24. The molecule has 3 N–H and O–H groups in total. The Morgan fingerprint density at radius 2 is 2.35 bits per heavy atom. The van der Waals surface area contributed by atoms with E-state index in [1.54, 1.807) is 7.11 Å². The zero-order valence-electron chi connectivity index (χ0n) is 10.2. The Labute approximate surface area is 102 Å². The van der Waals surface area contributed by atoms with Gasteiger partial charge in [0.15, 0.2) is 0 Å². The number of anilines is 1. The highest BCUT2D eigenvalue weighted by Gasteiger charge is 2.24. The lowest BCUT2D eigenvalue weighted by molar-refractivity contribution is 0.152. The van der Waals surface area contributed by atoms with Crippen LogP contribution in [0.1, 0.15) is 18.4 Å². The van der Waals surface area contributed by atoms with Crippen LogP contribution in [-0.2, 0) is 6.54 Å². The minimum atomic E-state index is 0.227. The van der Waals surface area contributed by atoms with E-state index in [-0.39, 0.29) is 12.6 Å². The average molecular weight is 236 g/mol. The van der Waals surface area contributed by atoms with Crippen LogP contribution in [0.25, 0.3) is 0 Å². The van der Waals surface area contributed by atoms with E-state index < -0.39 is 0 Å². The standard InChI is InChI=1S/C13H20N2O2/c1-17-13-5-4-11(14)7-10(13)8-15-6-2-3-12(15)9-16/h4-5,7,12,16H,2-3,6,8-9,14H2,1H3/t12-/m0/s1. The third-order valence-electron chi connectivity index (χ3n) is 3.39. The van der Waals surface area contributed by atoms with Crippen molar-refractivity contribution in [1.82, 2.24) is 4.90 Å². The third kappa shape index (κ3) is 2.70. The summed E-state index contributed by atoms with van der Waals surface area (Å²) < 4.78 is 5.33. The normalized spacial score (nSPS) is 20.7. The molecule has 17 heavy (non-hydrogen) atoms. The van der Waals surface area contributed by atoms with Gasteiger partial charge in [-0.2, -0.15) is 0 Å². The van der Waals surface area contributed by atoms with E-state index in [1.165, 1.54) is 0 Å². The van der Waals surface area contributed by atoms with Crippen LogP contribution in [0.4, 0.5) is 5.69 Å². The van der Waals surface area contributed by atoms with Gasteiger partial charge >= 0.3 is 0 Å². The topological polar surface area (TPSA) is 58.7 Å². The number of nitrogens with zero attached hydrogens (tertiary/aromatic N) is 1. The molecule has 0 spiro atoms. The Morgan fingerprint density at radius 1 is 1.53 bits per heavy atom. The number of hydrogen-bond acceptors (Lipinski definition) is 4. The van der Waals surface area contributed by atoms with Gasteiger partial charge in [0.1, 0.15) is 5.75 Å². The highest BCUT2D eigenvalue weighted by atomic mass is 16.5. The van der Waals surface area contributed by atoms with Crippen LogP contribution in [0.5, 0.6) is 5.75 Å². The van der Waals surface area contributed by atoms with Gasteiger partial charge in [-0.15, -0.1) is 0 Å². The summed E-state index contributed by atoms with van der Waals surface area (Å²) in [7, 11) is 1.67. The second kappa shape index (κ2) is 5.38. The first-order valence-corrected chi connectivity index (χ1v) is 6.02. The molecule has 1 aliphatic heterocycles. The molecular weight excluding hydrogens is 216 g/mol. The van der Waals surface area contributed by atoms with Crippen molar-refractivity contribution in [3.8, 4) is 5.75 Å². The molecule has 1 aromatic rings. The third-order valence-corrected chi connectivity index (χ3v) is 3.39. The van der Waals surface area contributed by atoms with Crippen LogP contribution in [0, 0.1) is 0 Å². The Bertz CT molecular complexity index is 382. The zero-order chi connectivity index (χ0) is 12.3. The molecule has 0 aromatic heterocycles. The van der Waals surface area contributed by atoms with E-state index in [9.17, 15) is 5.11 Å². The zero-order valence-corrected chi connectivity index (χ0v) is 10.2. The van der Waals surface area contributed by atoms with Gasteiger partial charge in [0.05, 0.1) is 13.7 Å². The molecule has 0 bridgehead atoms. The molecule has 1 aromatic carbocycles. The number of benzene rings is 1. The number of methoxy groups -OCH3 is 1. The van der Waals surface area contributed by atoms with Crippen molar-refractivity contribution < 1.29 is 9.84 Å². The summed E-state index contributed by atoms with van der Waals surface area (Å²) in [6.45, 7) is 2.05. The average Bonchev–Trinajstić information content (AvgIpc) is 2.77. The maximum atomic E-state index is 9.30. The van der Waals surface area contributed by atoms with Gasteiger partial charge in [0.2, 0.25) is 0 Å². The number of aliphatic hydroxyl groups is 1. The summed E-state index contributed by atoms with van der Waals surface area (Å²) >= 11 is 0. The fourth-order valence-electron chi connectivity index (χ4n) is 2.45. The number of aliphatic hydroxyl groups excluding tert-OH is 1. The van der Waals surface area contributed by atoms with Gasteiger partial charge in [-0.1, -0.05) is 0 Å². The number of rotatable bonds is 4. The van der Waals surface area contributed by atoms with Crippen molar-refractivity contribution >= 4 is 5.69 Å². The van der Waals surface area contributed by atoms with E-state index in [4.69, 9.17) is 10.5 Å². The van der Waals surface area contributed by atoms with Crippen molar-refractivity contribution in [3.63, 3.8) is 0 Å². The lowest BCUT2D eigenvalue weighted by Crippen LogP contribution is -2.31. The van der Waals surface area contributed by atoms with E-state index in [2.05, 4.69) is 4.90 Å². The molecular formula is C13H20N2O2. The van der Waals surface area contributed by atoms with Crippen LogP contribution in [0.2, 0.25) is 0 Å². The lowest BCUT2D eigenvalue weighted by atomic mass is 10.1. The van der Waals surface area contributed by atoms with Gasteiger partial charge in [-0.05, 0) is 37.6 Å². The molecule has 1 atom stereocenters. The summed E-state index contributed by atoms with van der Waals surface area (Å²) in [6.07, 6.45) is 2.22. The summed E-state index contributed by atoms with van der Waals surface area (Å²) in [6, 6.07) is 5.97. The van der Waals surface area contributed by atoms with Gasteiger partial charge in [0.25, 0.3) is 0 Å². The monoisotopic (exact) mass is 236 g/mol. The van der Waals surface area contributed by atoms with Gasteiger partial charge in [-0.3, -0.25) is 4.90 Å². The maximum Gasteiger partial charge on any atom is 0.123 e. The predicted molar refractivity (Wildman–Crippen MR) is 67.9 cm³/mol. The fourth-order valence-corrected chi connectivity index (χ4v) is 2.45. The minimum Gasteiger partial charge on any atom is -0.496 e. The van der Waals surface area contributed by atoms with E-state index in [0.29, 0.717) is 0 Å². The summed E-state index contributed by atoms with van der Waals surface area (Å²) in [4.78, 5) is 2.29. The van der Waals surface area contributed by atoms with E-state index in [0.717, 1.165) is 42.9 Å². The number of hydrogen-bond donors (Lipinski definition) is 2. The molecule has 94 valence electrons. The molecule has 0 amide bonds. The summed E-state index contributed by atoms with van der Waals surface area (Å²) in [5.74, 6) is 0.864. The number of likely N-dealkylation sites (tertiary alicyclic amines) is 1. The van der Waals surface area contributed by atoms with Gasteiger partial charge in [0, 0.05) is 23.8 Å². The molecule has 1 saturated heterocycles. The Balaban J connectivity index is 2.14. The summed E-state index contributed by atoms with van der Waals surface area (Å²) in [5, 5.41) is 9.30. The minimum absolute atomic E-state index is 0.227. The number of nitrogens with two attached hydrogens (primary N) is 1. The second-order valence-corrected chi connectivity index (χ2v) is 4.52. The molecule has 1 heterocycles. The maximum absolute atomic E-state index is 9.30. The SMILES string of the molecule is COc1ccc(N)cc1CN1CCC[C@H]1CO. The van der Waals surface area contributed by atoms with Crippen LogP contribution < -0.4 is 10.5 Å². The van der Waals surface area contributed by atoms with Gasteiger partial charge in [-0.25, -0.2) is 0 Å². The van der Waals surface area contributed by atoms with E-state index in [1.807, 2.05) is 18.2 Å². The van der Waals surface area contributed by atoms with Gasteiger partial charge < -0.3 is 15.6 Å². The molecule has 4 nitrogen and oxygen atoms in total. The first kappa shape index (κ1) is 12.2. The van der Waals surface area contributed by atoms with Crippen molar-refractivity contribution in [2.45, 2.75) is 25.4 Å². The second-order valence-electron chi connectivity index (χ2n) is 4.52. The molecule has 0 saturated carbocycles. The number of nitrogen functional groups attached to an aromatic ring is 1. The molecule has 1 aliphatic rings. The molecule has 4 heteroatoms. The van der Waals surface area contributed by atoms with Crippen LogP contribution in [0.15, 0.2) is 18.2 Å². The largest absolute Gasteiger partial charge is 0.496 e. The van der Waals surface area contributed by atoms with Crippen molar-refractivity contribution in [3.05, 3.63) is 23.8 Å². The molecule has 0 radical (unpaired) electrons. The fraction of sp³-hybridized carbons (Fsp3) is 0.538. The number of ether oxygens (including phenoxy) is 1. The highest BCUT2D eigenvalue weighted by Crippen LogP contribution is 2.26.